The highest BCUT2D eigenvalue weighted by Crippen LogP contribution is 2.32. The number of benzene rings is 2. The molecule has 1 aliphatic heterocycles. The molecule has 25 heavy (non-hydrogen) atoms. The van der Waals surface area contributed by atoms with Crippen LogP contribution in [0.15, 0.2) is 36.4 Å². The van der Waals surface area contributed by atoms with Gasteiger partial charge in [0, 0.05) is 0 Å². The van der Waals surface area contributed by atoms with Crippen LogP contribution in [0.3, 0.4) is 0 Å². The minimum absolute atomic E-state index is 0.0165. The molecule has 0 saturated carbocycles. The van der Waals surface area contributed by atoms with Gasteiger partial charge in [-0.05, 0) is 61.7 Å². The van der Waals surface area contributed by atoms with E-state index in [-0.39, 0.29) is 18.6 Å². The highest BCUT2D eigenvalue weighted by atomic mass is 16.6. The molecule has 1 N–H and O–H groups in total. The molecular formula is C20H23NO4. The van der Waals surface area contributed by atoms with Crippen molar-refractivity contribution in [1.82, 2.24) is 5.32 Å². The normalized spacial score (nSPS) is 13.9. The van der Waals surface area contributed by atoms with Gasteiger partial charge in [-0.15, -0.1) is 0 Å². The molecule has 1 atom stereocenters. The first-order valence-electron chi connectivity index (χ1n) is 8.42. The second-order valence-electron chi connectivity index (χ2n) is 6.23. The molecule has 1 heterocycles. The van der Waals surface area contributed by atoms with E-state index in [1.807, 2.05) is 57.2 Å². The minimum atomic E-state index is -0.166. The summed E-state index contributed by atoms with van der Waals surface area (Å²) in [5.74, 6) is 1.99. The summed E-state index contributed by atoms with van der Waals surface area (Å²) in [6.07, 6.45) is 0. The molecule has 0 aliphatic carbocycles. The van der Waals surface area contributed by atoms with Crippen molar-refractivity contribution in [2.75, 3.05) is 19.8 Å². The summed E-state index contributed by atoms with van der Waals surface area (Å²) in [5.41, 5.74) is 3.30. The van der Waals surface area contributed by atoms with Crippen LogP contribution in [0.1, 0.15) is 29.7 Å². The molecule has 1 amide bonds. The monoisotopic (exact) mass is 341 g/mol. The lowest BCUT2D eigenvalue weighted by molar-refractivity contribution is -0.123. The smallest absolute Gasteiger partial charge is 0.258 e. The van der Waals surface area contributed by atoms with Crippen molar-refractivity contribution in [3.05, 3.63) is 53.1 Å². The molecule has 1 aliphatic rings. The molecule has 0 unspecified atom stereocenters. The fraction of sp³-hybridized carbons (Fsp3) is 0.350. The second-order valence-corrected chi connectivity index (χ2v) is 6.23. The average Bonchev–Trinajstić information content (AvgIpc) is 2.62. The zero-order valence-electron chi connectivity index (χ0n) is 14.8. The van der Waals surface area contributed by atoms with Crippen LogP contribution in [-0.2, 0) is 4.79 Å². The van der Waals surface area contributed by atoms with Gasteiger partial charge in [-0.1, -0.05) is 12.1 Å². The number of aryl methyl sites for hydroxylation is 2. The van der Waals surface area contributed by atoms with Gasteiger partial charge in [0.25, 0.3) is 5.91 Å². The number of hydrogen-bond acceptors (Lipinski definition) is 4. The Morgan fingerprint density at radius 3 is 2.60 bits per heavy atom. The largest absolute Gasteiger partial charge is 0.486 e. The second kappa shape index (κ2) is 7.47. The van der Waals surface area contributed by atoms with Crippen molar-refractivity contribution in [2.45, 2.75) is 26.8 Å². The topological polar surface area (TPSA) is 56.8 Å². The van der Waals surface area contributed by atoms with E-state index in [1.54, 1.807) is 0 Å². The number of hydrogen-bond donors (Lipinski definition) is 1. The quantitative estimate of drug-likeness (QED) is 0.906. The van der Waals surface area contributed by atoms with E-state index in [0.29, 0.717) is 19.0 Å². The standard InChI is InChI=1S/C20H23NO4/c1-13-4-6-17(10-14(13)2)25-12-20(22)21-15(3)16-5-7-18-19(11-16)24-9-8-23-18/h4-7,10-11,15H,8-9,12H2,1-3H3,(H,21,22)/t15-/m0/s1. The summed E-state index contributed by atoms with van der Waals surface area (Å²) in [5, 5.41) is 2.94. The first kappa shape index (κ1) is 17.1. The molecule has 5 heteroatoms. The number of amides is 1. The maximum atomic E-state index is 12.1. The predicted octanol–water partition coefficient (Wildman–Crippen LogP) is 3.33. The van der Waals surface area contributed by atoms with E-state index in [4.69, 9.17) is 14.2 Å². The van der Waals surface area contributed by atoms with Crippen LogP contribution in [0.2, 0.25) is 0 Å². The van der Waals surface area contributed by atoms with E-state index in [0.717, 1.165) is 22.6 Å². The van der Waals surface area contributed by atoms with E-state index in [9.17, 15) is 4.79 Å². The molecule has 2 aromatic rings. The number of fused-ring (bicyclic) bond motifs is 1. The summed E-state index contributed by atoms with van der Waals surface area (Å²) in [6, 6.07) is 11.4. The Morgan fingerprint density at radius 2 is 1.84 bits per heavy atom. The molecule has 0 bridgehead atoms. The highest BCUT2D eigenvalue weighted by Gasteiger charge is 2.16. The Bertz CT molecular complexity index is 772. The number of ether oxygens (including phenoxy) is 3. The SMILES string of the molecule is Cc1ccc(OCC(=O)N[C@@H](C)c2ccc3c(c2)OCCO3)cc1C. The Labute approximate surface area is 147 Å². The molecule has 132 valence electrons. The Hall–Kier alpha value is -2.69. The van der Waals surface area contributed by atoms with Crippen LogP contribution in [0.4, 0.5) is 0 Å². The van der Waals surface area contributed by atoms with Crippen molar-refractivity contribution in [2.24, 2.45) is 0 Å². The third-order valence-corrected chi connectivity index (χ3v) is 4.29. The lowest BCUT2D eigenvalue weighted by Gasteiger charge is -2.21. The molecule has 0 fully saturated rings. The van der Waals surface area contributed by atoms with Gasteiger partial charge in [0.2, 0.25) is 0 Å². The van der Waals surface area contributed by atoms with Gasteiger partial charge in [-0.25, -0.2) is 0 Å². The van der Waals surface area contributed by atoms with Crippen LogP contribution in [-0.4, -0.2) is 25.7 Å². The van der Waals surface area contributed by atoms with Gasteiger partial charge in [-0.3, -0.25) is 4.79 Å². The van der Waals surface area contributed by atoms with Gasteiger partial charge in [0.05, 0.1) is 6.04 Å². The zero-order chi connectivity index (χ0) is 17.8. The number of carbonyl (C=O) groups excluding carboxylic acids is 1. The van der Waals surface area contributed by atoms with E-state index < -0.39 is 0 Å². The Morgan fingerprint density at radius 1 is 1.08 bits per heavy atom. The van der Waals surface area contributed by atoms with Gasteiger partial charge in [0.1, 0.15) is 19.0 Å². The predicted molar refractivity (Wildman–Crippen MR) is 95.4 cm³/mol. The number of rotatable bonds is 5. The fourth-order valence-electron chi connectivity index (χ4n) is 2.65. The lowest BCUT2D eigenvalue weighted by atomic mass is 10.1. The van der Waals surface area contributed by atoms with Crippen LogP contribution in [0.25, 0.3) is 0 Å². The third-order valence-electron chi connectivity index (χ3n) is 4.29. The van der Waals surface area contributed by atoms with Gasteiger partial charge in [-0.2, -0.15) is 0 Å². The maximum Gasteiger partial charge on any atom is 0.258 e. The summed E-state index contributed by atoms with van der Waals surface area (Å²) in [6.45, 7) is 7.08. The van der Waals surface area contributed by atoms with Gasteiger partial charge < -0.3 is 19.5 Å². The third kappa shape index (κ3) is 4.24. The van der Waals surface area contributed by atoms with Crippen LogP contribution < -0.4 is 19.5 Å². The van der Waals surface area contributed by atoms with Crippen LogP contribution in [0.5, 0.6) is 17.2 Å². The Balaban J connectivity index is 1.56. The summed E-state index contributed by atoms with van der Waals surface area (Å²) < 4.78 is 16.7. The Kier molecular flexibility index (Phi) is 5.12. The molecule has 0 saturated heterocycles. The zero-order valence-corrected chi connectivity index (χ0v) is 14.8. The fourth-order valence-corrected chi connectivity index (χ4v) is 2.65. The molecule has 2 aromatic carbocycles. The van der Waals surface area contributed by atoms with Crippen LogP contribution >= 0.6 is 0 Å². The summed E-state index contributed by atoms with van der Waals surface area (Å²) >= 11 is 0. The van der Waals surface area contributed by atoms with Crippen molar-refractivity contribution < 1.29 is 19.0 Å². The first-order valence-corrected chi connectivity index (χ1v) is 8.42. The molecule has 0 radical (unpaired) electrons. The first-order chi connectivity index (χ1) is 12.0. The maximum absolute atomic E-state index is 12.1. The number of carbonyl (C=O) groups is 1. The van der Waals surface area contributed by atoms with E-state index in [1.165, 1.54) is 5.56 Å². The number of nitrogens with one attached hydrogen (secondary N) is 1. The van der Waals surface area contributed by atoms with Crippen molar-refractivity contribution in [3.63, 3.8) is 0 Å². The molecule has 3 rings (SSSR count). The van der Waals surface area contributed by atoms with Crippen LogP contribution in [0, 0.1) is 13.8 Å². The van der Waals surface area contributed by atoms with Crippen molar-refractivity contribution in [1.29, 1.82) is 0 Å². The van der Waals surface area contributed by atoms with Gasteiger partial charge >= 0.3 is 0 Å². The van der Waals surface area contributed by atoms with Gasteiger partial charge in [0.15, 0.2) is 18.1 Å². The lowest BCUT2D eigenvalue weighted by Crippen LogP contribution is -2.31. The summed E-state index contributed by atoms with van der Waals surface area (Å²) in [7, 11) is 0. The van der Waals surface area contributed by atoms with E-state index >= 15 is 0 Å². The summed E-state index contributed by atoms with van der Waals surface area (Å²) in [4.78, 5) is 12.1. The molecule has 0 spiro atoms. The molecular weight excluding hydrogens is 318 g/mol. The molecule has 0 aromatic heterocycles. The van der Waals surface area contributed by atoms with Crippen molar-refractivity contribution in [3.8, 4) is 17.2 Å². The van der Waals surface area contributed by atoms with E-state index in [2.05, 4.69) is 5.32 Å². The molecule has 5 nitrogen and oxygen atoms in total. The average molecular weight is 341 g/mol. The highest BCUT2D eigenvalue weighted by molar-refractivity contribution is 5.78. The minimum Gasteiger partial charge on any atom is -0.486 e. The van der Waals surface area contributed by atoms with Crippen molar-refractivity contribution >= 4 is 5.91 Å².